The van der Waals surface area contributed by atoms with E-state index >= 15 is 0 Å². The molecule has 0 aliphatic heterocycles. The highest BCUT2D eigenvalue weighted by Gasteiger charge is 2.27. The van der Waals surface area contributed by atoms with Crippen LogP contribution in [-0.4, -0.2) is 74.9 Å². The van der Waals surface area contributed by atoms with Gasteiger partial charge in [0.1, 0.15) is 19.8 Å². The van der Waals surface area contributed by atoms with Crippen LogP contribution in [0.3, 0.4) is 0 Å². The zero-order chi connectivity index (χ0) is 75.4. The summed E-state index contributed by atoms with van der Waals surface area (Å²) in [4.78, 5) is 36.1. The highest BCUT2D eigenvalue weighted by molar-refractivity contribution is 7.47. The number of nitrogens with zero attached hydrogens (tertiary/aromatic N) is 1. The van der Waals surface area contributed by atoms with E-state index in [1.54, 1.807) is 0 Å². The maximum Gasteiger partial charge on any atom is 0.472 e. The van der Waals surface area contributed by atoms with Crippen molar-refractivity contribution in [3.63, 3.8) is 0 Å². The second-order valence-corrected chi connectivity index (χ2v) is 33.8. The maximum atomic E-state index is 13.0. The molecule has 0 aliphatic rings. The molecule has 0 saturated heterocycles. The summed E-state index contributed by atoms with van der Waals surface area (Å²) in [6.07, 6.45) is 117. The lowest BCUT2D eigenvalue weighted by atomic mass is 10.0. The number of hydrogen-bond donors (Lipinski definition) is 1. The number of esters is 2. The molecule has 0 saturated carbocycles. The number of carbonyl (C=O) groups excluding carboxylic acids is 2. The molecular weight excluding hydrogens is 1300 g/mol. The summed E-state index contributed by atoms with van der Waals surface area (Å²) in [7, 11) is 1.50. The summed E-state index contributed by atoms with van der Waals surface area (Å²) < 4.78 is 34.9. The summed E-state index contributed by atoms with van der Waals surface area (Å²) in [5.41, 5.74) is 0. The number of phosphoric acid groups is 1. The molecule has 0 spiro atoms. The topological polar surface area (TPSA) is 108 Å². The van der Waals surface area contributed by atoms with Crippen molar-refractivity contribution in [3.05, 3.63) is 72.9 Å². The van der Waals surface area contributed by atoms with Crippen LogP contribution in [-0.2, 0) is 32.7 Å². The Morgan fingerprint density at radius 1 is 0.308 bits per heavy atom. The van der Waals surface area contributed by atoms with Crippen molar-refractivity contribution >= 4 is 19.8 Å². The Hall–Kier alpha value is -2.55. The van der Waals surface area contributed by atoms with Crippen LogP contribution < -0.4 is 0 Å². The zero-order valence-corrected chi connectivity index (χ0v) is 70.9. The lowest BCUT2D eigenvalue weighted by Crippen LogP contribution is -2.37. The van der Waals surface area contributed by atoms with Crippen molar-refractivity contribution in [2.75, 3.05) is 47.5 Å². The van der Waals surface area contributed by atoms with E-state index in [1.165, 1.54) is 366 Å². The molecule has 2 unspecified atom stereocenters. The van der Waals surface area contributed by atoms with Crippen molar-refractivity contribution in [1.29, 1.82) is 0 Å². The molecule has 0 rings (SSSR count). The van der Waals surface area contributed by atoms with Crippen LogP contribution in [0.25, 0.3) is 0 Å². The average molecular weight is 1480 g/mol. The zero-order valence-electron chi connectivity index (χ0n) is 70.0. The van der Waals surface area contributed by atoms with Crippen molar-refractivity contribution in [1.82, 2.24) is 0 Å². The maximum absolute atomic E-state index is 13.0. The third-order valence-electron chi connectivity index (χ3n) is 20.7. The number of rotatable bonds is 86. The lowest BCUT2D eigenvalue weighted by Gasteiger charge is -2.24. The molecule has 2 atom stereocenters. The Labute approximate surface area is 648 Å². The number of likely N-dealkylation sites (N-methyl/N-ethyl adjacent to an activating group) is 1. The standard InChI is InChI=1S/C94H176NO8P/c1-6-8-10-12-14-16-18-20-22-24-26-28-30-32-34-36-38-40-42-44-46-47-49-50-52-54-56-58-60-62-64-66-68-70-72-74-76-78-80-82-84-86-93(96)100-90-92(91-102-104(98,99)101-89-88-95(3,4)5)103-94(97)87-85-83-81-79-77-75-73-71-69-67-65-63-61-59-57-55-53-51-48-45-43-41-39-37-35-33-31-29-27-25-23-21-19-17-15-13-11-9-7-2/h9,11,15,17-18,20-21,23-24,26-27,29,92H,6-8,10,12-14,16,19,22,25,28,30-91H2,1-5H3/p+1/b11-9-,17-15-,20-18-,23-21-,26-24-,29-27-. The largest absolute Gasteiger partial charge is 0.472 e. The fourth-order valence-corrected chi connectivity index (χ4v) is 14.6. The van der Waals surface area contributed by atoms with Crippen LogP contribution >= 0.6 is 7.82 Å². The van der Waals surface area contributed by atoms with E-state index in [4.69, 9.17) is 18.5 Å². The fourth-order valence-electron chi connectivity index (χ4n) is 13.8. The molecule has 104 heavy (non-hydrogen) atoms. The number of ether oxygens (including phenoxy) is 2. The van der Waals surface area contributed by atoms with Gasteiger partial charge in [-0.05, 0) is 83.5 Å². The van der Waals surface area contributed by atoms with E-state index in [-0.39, 0.29) is 25.6 Å². The van der Waals surface area contributed by atoms with Crippen LogP contribution in [0.1, 0.15) is 463 Å². The van der Waals surface area contributed by atoms with Gasteiger partial charge in [-0.3, -0.25) is 18.6 Å². The van der Waals surface area contributed by atoms with E-state index in [0.29, 0.717) is 23.9 Å². The Bertz CT molecular complexity index is 1990. The first kappa shape index (κ1) is 101. The van der Waals surface area contributed by atoms with Crippen LogP contribution in [0.2, 0.25) is 0 Å². The first-order chi connectivity index (χ1) is 51.0. The normalized spacial score (nSPS) is 13.2. The van der Waals surface area contributed by atoms with Gasteiger partial charge in [0.25, 0.3) is 0 Å². The Balaban J connectivity index is 3.83. The lowest BCUT2D eigenvalue weighted by molar-refractivity contribution is -0.870. The summed E-state index contributed by atoms with van der Waals surface area (Å²) in [5, 5.41) is 0. The molecule has 0 amide bonds. The first-order valence-corrected chi connectivity index (χ1v) is 47.2. The fraction of sp³-hybridized carbons (Fsp3) is 0.851. The molecule has 0 fully saturated rings. The van der Waals surface area contributed by atoms with E-state index < -0.39 is 26.5 Å². The molecular formula is C94H177NO8P+. The van der Waals surface area contributed by atoms with Crippen LogP contribution in [0.4, 0.5) is 0 Å². The number of unbranched alkanes of at least 4 members (excludes halogenated alkanes) is 60. The van der Waals surface area contributed by atoms with Gasteiger partial charge in [0.2, 0.25) is 0 Å². The predicted octanol–water partition coefficient (Wildman–Crippen LogP) is 31.0. The summed E-state index contributed by atoms with van der Waals surface area (Å²) in [6, 6.07) is 0. The molecule has 9 nitrogen and oxygen atoms in total. The van der Waals surface area contributed by atoms with Gasteiger partial charge in [-0.2, -0.15) is 0 Å². The van der Waals surface area contributed by atoms with Gasteiger partial charge in [0.15, 0.2) is 6.10 Å². The van der Waals surface area contributed by atoms with Gasteiger partial charge >= 0.3 is 19.8 Å². The van der Waals surface area contributed by atoms with Crippen molar-refractivity contribution in [2.24, 2.45) is 0 Å². The summed E-state index contributed by atoms with van der Waals surface area (Å²) in [5.74, 6) is -0.770. The van der Waals surface area contributed by atoms with E-state index in [0.717, 1.165) is 64.2 Å². The monoisotopic (exact) mass is 1480 g/mol. The van der Waals surface area contributed by atoms with Crippen LogP contribution in [0.5, 0.6) is 0 Å². The molecule has 0 aromatic rings. The van der Waals surface area contributed by atoms with Crippen molar-refractivity contribution < 1.29 is 42.1 Å². The van der Waals surface area contributed by atoms with Gasteiger partial charge in [0.05, 0.1) is 27.7 Å². The first-order valence-electron chi connectivity index (χ1n) is 45.7. The van der Waals surface area contributed by atoms with E-state index in [9.17, 15) is 19.0 Å². The molecule has 0 bridgehead atoms. The number of phosphoric ester groups is 1. The second-order valence-electron chi connectivity index (χ2n) is 32.3. The van der Waals surface area contributed by atoms with E-state index in [2.05, 4.69) is 86.8 Å². The number of allylic oxidation sites excluding steroid dienone is 12. The smallest absolute Gasteiger partial charge is 0.462 e. The highest BCUT2D eigenvalue weighted by atomic mass is 31.2. The molecule has 0 heterocycles. The third-order valence-corrected chi connectivity index (χ3v) is 21.7. The SMILES string of the molecule is CC/C=C\C/C=C\C/C=C\C/C=C\CCCCCCCCCCCCCCCCCCCCCCCCCCCCC(=O)OC(COC(=O)CCCCCCCCCCCCCCCCCCCCCCCCCCCCCCC/C=C\C/C=C\CCCCCCC)COP(=O)(O)OCC[N+](C)(C)C. The summed E-state index contributed by atoms with van der Waals surface area (Å²) in [6.45, 7) is 4.39. The van der Waals surface area contributed by atoms with Crippen molar-refractivity contribution in [3.8, 4) is 0 Å². The predicted molar refractivity (Wildman–Crippen MR) is 455 cm³/mol. The number of carbonyl (C=O) groups is 2. The third kappa shape index (κ3) is 88.4. The molecule has 1 N–H and O–H groups in total. The summed E-state index contributed by atoms with van der Waals surface area (Å²) >= 11 is 0. The molecule has 0 aromatic heterocycles. The van der Waals surface area contributed by atoms with Crippen LogP contribution in [0, 0.1) is 0 Å². The Morgan fingerprint density at radius 3 is 0.817 bits per heavy atom. The number of hydrogen-bond acceptors (Lipinski definition) is 7. The molecule has 0 radical (unpaired) electrons. The van der Waals surface area contributed by atoms with Gasteiger partial charge in [-0.25, -0.2) is 4.57 Å². The highest BCUT2D eigenvalue weighted by Crippen LogP contribution is 2.43. The Kier molecular flexibility index (Phi) is 82.4. The van der Waals surface area contributed by atoms with Crippen LogP contribution in [0.15, 0.2) is 72.9 Å². The minimum absolute atomic E-state index is 0.0346. The number of quaternary nitrogens is 1. The van der Waals surface area contributed by atoms with Gasteiger partial charge in [-0.1, -0.05) is 440 Å². The Morgan fingerprint density at radius 2 is 0.548 bits per heavy atom. The minimum Gasteiger partial charge on any atom is -0.462 e. The van der Waals surface area contributed by atoms with E-state index in [1.807, 2.05) is 21.1 Å². The quantitative estimate of drug-likeness (QED) is 0.0211. The van der Waals surface area contributed by atoms with Crippen molar-refractivity contribution in [2.45, 2.75) is 469 Å². The molecule has 10 heteroatoms. The van der Waals surface area contributed by atoms with Gasteiger partial charge in [0, 0.05) is 12.8 Å². The van der Waals surface area contributed by atoms with Gasteiger partial charge in [-0.15, -0.1) is 0 Å². The minimum atomic E-state index is -4.40. The van der Waals surface area contributed by atoms with Gasteiger partial charge < -0.3 is 18.9 Å². The molecule has 0 aliphatic carbocycles. The molecule has 610 valence electrons. The second kappa shape index (κ2) is 84.5. The average Bonchev–Trinajstić information content (AvgIpc) is 0.915. The molecule has 0 aromatic carbocycles.